The minimum atomic E-state index is 0. The molecule has 0 spiro atoms. The predicted octanol–water partition coefficient (Wildman–Crippen LogP) is 2.51. The van der Waals surface area contributed by atoms with Gasteiger partial charge in [-0.2, -0.15) is 0 Å². The van der Waals surface area contributed by atoms with Crippen molar-refractivity contribution in [2.45, 2.75) is 25.3 Å². The number of guanidine groups is 1. The molecule has 0 saturated carbocycles. The third kappa shape index (κ3) is 6.13. The number of hydrogen-bond acceptors (Lipinski definition) is 5. The molecule has 0 atom stereocenters. The highest BCUT2D eigenvalue weighted by atomic mass is 127. The number of rotatable bonds is 6. The molecule has 0 bridgehead atoms. The number of nitrogens with zero attached hydrogens (tertiary/aromatic N) is 4. The SMILES string of the molecule is CCNC(=NCC1(N(C)C)CCOCC1)N1CCN(c2cccc(OC)c2)CC1.I. The van der Waals surface area contributed by atoms with Crippen LogP contribution in [0.5, 0.6) is 5.75 Å². The molecule has 0 amide bonds. The molecule has 0 unspecified atom stereocenters. The first kappa shape index (κ1) is 25.0. The largest absolute Gasteiger partial charge is 0.497 e. The van der Waals surface area contributed by atoms with Crippen LogP contribution in [0.2, 0.25) is 0 Å². The van der Waals surface area contributed by atoms with Gasteiger partial charge in [-0.05, 0) is 46.0 Å². The van der Waals surface area contributed by atoms with Gasteiger partial charge in [0.25, 0.3) is 0 Å². The fourth-order valence-electron chi connectivity index (χ4n) is 4.13. The molecule has 1 aromatic rings. The molecule has 30 heavy (non-hydrogen) atoms. The zero-order chi connectivity index (χ0) is 20.7. The Hall–Kier alpha value is -1.26. The maximum Gasteiger partial charge on any atom is 0.194 e. The topological polar surface area (TPSA) is 52.6 Å². The smallest absolute Gasteiger partial charge is 0.194 e. The highest BCUT2D eigenvalue weighted by molar-refractivity contribution is 14.0. The third-order valence-corrected chi connectivity index (χ3v) is 6.23. The number of benzene rings is 1. The monoisotopic (exact) mass is 531 g/mol. The van der Waals surface area contributed by atoms with Crippen molar-refractivity contribution in [1.29, 1.82) is 0 Å². The van der Waals surface area contributed by atoms with Gasteiger partial charge in [0.05, 0.1) is 13.7 Å². The van der Waals surface area contributed by atoms with Crippen molar-refractivity contribution in [2.75, 3.05) is 78.6 Å². The average molecular weight is 531 g/mol. The lowest BCUT2D eigenvalue weighted by atomic mass is 9.89. The van der Waals surface area contributed by atoms with Crippen molar-refractivity contribution in [3.8, 4) is 5.75 Å². The van der Waals surface area contributed by atoms with E-state index in [9.17, 15) is 0 Å². The van der Waals surface area contributed by atoms with Crippen molar-refractivity contribution >= 4 is 35.6 Å². The minimum absolute atomic E-state index is 0. The first-order valence-corrected chi connectivity index (χ1v) is 10.8. The van der Waals surface area contributed by atoms with Gasteiger partial charge in [0.1, 0.15) is 5.75 Å². The maximum absolute atomic E-state index is 5.60. The van der Waals surface area contributed by atoms with Crippen molar-refractivity contribution in [3.63, 3.8) is 0 Å². The van der Waals surface area contributed by atoms with E-state index in [1.165, 1.54) is 5.69 Å². The first-order valence-electron chi connectivity index (χ1n) is 10.8. The molecule has 2 aliphatic rings. The number of ether oxygens (including phenoxy) is 2. The molecule has 0 aliphatic carbocycles. The lowest BCUT2D eigenvalue weighted by molar-refractivity contribution is -0.00264. The highest BCUT2D eigenvalue weighted by Crippen LogP contribution is 2.26. The summed E-state index contributed by atoms with van der Waals surface area (Å²) in [6.07, 6.45) is 2.07. The summed E-state index contributed by atoms with van der Waals surface area (Å²) in [5, 5.41) is 3.51. The Bertz CT molecular complexity index is 671. The molecule has 1 N–H and O–H groups in total. The van der Waals surface area contributed by atoms with E-state index < -0.39 is 0 Å². The fraction of sp³-hybridized carbons (Fsp3) is 0.682. The van der Waals surface area contributed by atoms with Gasteiger partial charge >= 0.3 is 0 Å². The van der Waals surface area contributed by atoms with E-state index in [1.54, 1.807) is 7.11 Å². The van der Waals surface area contributed by atoms with E-state index in [0.29, 0.717) is 0 Å². The van der Waals surface area contributed by atoms with Crippen LogP contribution in [-0.2, 0) is 4.74 Å². The number of piperazine rings is 1. The summed E-state index contributed by atoms with van der Waals surface area (Å²) in [6, 6.07) is 8.32. The molecule has 7 nitrogen and oxygen atoms in total. The molecule has 3 rings (SSSR count). The Labute approximate surface area is 198 Å². The van der Waals surface area contributed by atoms with Crippen LogP contribution in [0.15, 0.2) is 29.3 Å². The number of hydrogen-bond donors (Lipinski definition) is 1. The Balaban J connectivity index is 0.00000320. The maximum atomic E-state index is 5.60. The van der Waals surface area contributed by atoms with Gasteiger partial charge in [0, 0.05) is 63.2 Å². The Kier molecular flexibility index (Phi) is 9.96. The van der Waals surface area contributed by atoms with Crippen LogP contribution < -0.4 is 15.0 Å². The molecule has 2 fully saturated rings. The number of likely N-dealkylation sites (N-methyl/N-ethyl adjacent to an activating group) is 1. The van der Waals surface area contributed by atoms with Crippen molar-refractivity contribution in [1.82, 2.24) is 15.1 Å². The van der Waals surface area contributed by atoms with Crippen LogP contribution in [0, 0.1) is 0 Å². The van der Waals surface area contributed by atoms with Crippen molar-refractivity contribution in [2.24, 2.45) is 4.99 Å². The van der Waals surface area contributed by atoms with Gasteiger partial charge in [-0.25, -0.2) is 0 Å². The normalized spacial score (nSPS) is 19.4. The zero-order valence-corrected chi connectivity index (χ0v) is 21.2. The van der Waals surface area contributed by atoms with E-state index in [4.69, 9.17) is 14.5 Å². The lowest BCUT2D eigenvalue weighted by Gasteiger charge is -2.42. The highest BCUT2D eigenvalue weighted by Gasteiger charge is 2.35. The van der Waals surface area contributed by atoms with E-state index >= 15 is 0 Å². The number of anilines is 1. The summed E-state index contributed by atoms with van der Waals surface area (Å²) in [7, 11) is 6.05. The molecule has 2 heterocycles. The molecule has 8 heteroatoms. The molecular formula is C22H38IN5O2. The molecule has 0 aromatic heterocycles. The predicted molar refractivity (Wildman–Crippen MR) is 135 cm³/mol. The molecule has 0 radical (unpaired) electrons. The van der Waals surface area contributed by atoms with Crippen LogP contribution in [0.25, 0.3) is 0 Å². The van der Waals surface area contributed by atoms with Gasteiger partial charge in [0.2, 0.25) is 0 Å². The number of nitrogens with one attached hydrogen (secondary N) is 1. The van der Waals surface area contributed by atoms with Gasteiger partial charge < -0.3 is 29.5 Å². The number of aliphatic imine (C=N–C) groups is 1. The van der Waals surface area contributed by atoms with Gasteiger partial charge in [0.15, 0.2) is 5.96 Å². The summed E-state index contributed by atoms with van der Waals surface area (Å²) in [6.45, 7) is 9.34. The first-order chi connectivity index (χ1) is 14.1. The Morgan fingerprint density at radius 1 is 1.20 bits per heavy atom. The summed E-state index contributed by atoms with van der Waals surface area (Å²) in [5.41, 5.74) is 1.32. The molecule has 2 saturated heterocycles. The van der Waals surface area contributed by atoms with Crippen LogP contribution in [0.4, 0.5) is 5.69 Å². The van der Waals surface area contributed by atoms with Crippen molar-refractivity contribution in [3.05, 3.63) is 24.3 Å². The summed E-state index contributed by atoms with van der Waals surface area (Å²) >= 11 is 0. The van der Waals surface area contributed by atoms with E-state index in [0.717, 1.165) is 77.0 Å². The summed E-state index contributed by atoms with van der Waals surface area (Å²) in [5.74, 6) is 1.94. The number of methoxy groups -OCH3 is 1. The molecule has 170 valence electrons. The van der Waals surface area contributed by atoms with Crippen LogP contribution >= 0.6 is 24.0 Å². The quantitative estimate of drug-likeness (QED) is 0.346. The van der Waals surface area contributed by atoms with E-state index in [2.05, 4.69) is 59.2 Å². The lowest BCUT2D eigenvalue weighted by Crippen LogP contribution is -2.54. The van der Waals surface area contributed by atoms with E-state index in [1.807, 2.05) is 6.07 Å². The second kappa shape index (κ2) is 12.0. The molecule has 2 aliphatic heterocycles. The van der Waals surface area contributed by atoms with Gasteiger partial charge in [-0.1, -0.05) is 6.07 Å². The second-order valence-electron chi connectivity index (χ2n) is 8.08. The molecular weight excluding hydrogens is 493 g/mol. The Morgan fingerprint density at radius 3 is 2.50 bits per heavy atom. The zero-order valence-electron chi connectivity index (χ0n) is 18.9. The summed E-state index contributed by atoms with van der Waals surface area (Å²) in [4.78, 5) is 12.2. The summed E-state index contributed by atoms with van der Waals surface area (Å²) < 4.78 is 11.0. The average Bonchev–Trinajstić information content (AvgIpc) is 2.77. The second-order valence-corrected chi connectivity index (χ2v) is 8.08. The minimum Gasteiger partial charge on any atom is -0.497 e. The van der Waals surface area contributed by atoms with Crippen LogP contribution in [-0.4, -0.2) is 95.0 Å². The third-order valence-electron chi connectivity index (χ3n) is 6.23. The standard InChI is InChI=1S/C22H37N5O2.HI/c1-5-23-21(24-18-22(25(2)3)9-15-29-16-10-22)27-13-11-26(12-14-27)19-7-6-8-20(17-19)28-4;/h6-8,17H,5,9-16,18H2,1-4H3,(H,23,24);1H. The fourth-order valence-corrected chi connectivity index (χ4v) is 4.13. The van der Waals surface area contributed by atoms with Gasteiger partial charge in [-0.3, -0.25) is 4.99 Å². The van der Waals surface area contributed by atoms with Crippen LogP contribution in [0.1, 0.15) is 19.8 Å². The van der Waals surface area contributed by atoms with E-state index in [-0.39, 0.29) is 29.5 Å². The number of halogens is 1. The van der Waals surface area contributed by atoms with Crippen LogP contribution in [0.3, 0.4) is 0 Å². The van der Waals surface area contributed by atoms with Crippen molar-refractivity contribution < 1.29 is 9.47 Å². The van der Waals surface area contributed by atoms with Gasteiger partial charge in [-0.15, -0.1) is 24.0 Å². The molecule has 1 aromatic carbocycles. The Morgan fingerprint density at radius 2 is 1.90 bits per heavy atom.